The average molecular weight is 345 g/mol. The number of ether oxygens (including phenoxy) is 2. The van der Waals surface area contributed by atoms with Crippen molar-refractivity contribution in [2.75, 3.05) is 7.11 Å². The van der Waals surface area contributed by atoms with Crippen LogP contribution in [0.1, 0.15) is 17.0 Å². The Kier molecular flexibility index (Phi) is 5.05. The van der Waals surface area contributed by atoms with Crippen molar-refractivity contribution in [3.8, 4) is 5.75 Å². The number of methoxy groups -OCH3 is 1. The lowest BCUT2D eigenvalue weighted by atomic mass is 10.1. The van der Waals surface area contributed by atoms with Gasteiger partial charge in [0.25, 0.3) is 0 Å². The van der Waals surface area contributed by atoms with Crippen LogP contribution >= 0.6 is 11.3 Å². The normalized spacial score (nSPS) is 10.8. The van der Waals surface area contributed by atoms with Crippen molar-refractivity contribution >= 4 is 27.5 Å². The molecule has 2 aromatic carbocycles. The van der Waals surface area contributed by atoms with Gasteiger partial charge in [-0.3, -0.25) is 4.79 Å². The third-order valence-corrected chi connectivity index (χ3v) is 4.54. The summed E-state index contributed by atoms with van der Waals surface area (Å²) in [5, 5.41) is 0.764. The molecule has 1 heterocycles. The fraction of sp³-hybridized carbons (Fsp3) is 0.222. The van der Waals surface area contributed by atoms with Gasteiger partial charge >= 0.3 is 5.97 Å². The van der Waals surface area contributed by atoms with E-state index in [1.165, 1.54) is 24.5 Å². The minimum absolute atomic E-state index is 0.162. The molecular weight excluding hydrogens is 329 g/mol. The van der Waals surface area contributed by atoms with E-state index in [1.54, 1.807) is 12.1 Å². The van der Waals surface area contributed by atoms with Crippen molar-refractivity contribution in [1.29, 1.82) is 0 Å². The lowest BCUT2D eigenvalue weighted by molar-refractivity contribution is -0.144. The van der Waals surface area contributed by atoms with E-state index < -0.39 is 5.82 Å². The van der Waals surface area contributed by atoms with Crippen molar-refractivity contribution in [2.45, 2.75) is 19.4 Å². The number of benzene rings is 2. The molecule has 0 fully saturated rings. The Bertz CT molecular complexity index is 829. The summed E-state index contributed by atoms with van der Waals surface area (Å²) in [6, 6.07) is 12.4. The third-order valence-electron chi connectivity index (χ3n) is 3.53. The van der Waals surface area contributed by atoms with E-state index in [1.807, 2.05) is 24.3 Å². The number of fused-ring (bicyclic) bond motifs is 1. The van der Waals surface area contributed by atoms with Crippen LogP contribution in [0.25, 0.3) is 10.2 Å². The number of aryl methyl sites for hydroxylation is 1. The minimum atomic E-state index is -0.433. The van der Waals surface area contributed by atoms with Crippen LogP contribution in [-0.2, 0) is 22.6 Å². The summed E-state index contributed by atoms with van der Waals surface area (Å²) in [5.41, 5.74) is 1.63. The quantitative estimate of drug-likeness (QED) is 0.631. The zero-order chi connectivity index (χ0) is 16.9. The largest absolute Gasteiger partial charge is 0.494 e. The Labute approximate surface area is 142 Å². The van der Waals surface area contributed by atoms with Gasteiger partial charge < -0.3 is 9.47 Å². The van der Waals surface area contributed by atoms with Crippen molar-refractivity contribution < 1.29 is 18.7 Å². The number of hydrogen-bond acceptors (Lipinski definition) is 5. The van der Waals surface area contributed by atoms with Gasteiger partial charge in [-0.05, 0) is 36.2 Å². The molecular formula is C18H16FNO3S. The zero-order valence-corrected chi connectivity index (χ0v) is 13.9. The molecule has 0 aliphatic carbocycles. The Morgan fingerprint density at radius 2 is 2.08 bits per heavy atom. The SMILES string of the molecule is COc1ccc(CCC(=O)OCc2nc3ccccc3s2)cc1F. The Balaban J connectivity index is 1.51. The van der Waals surface area contributed by atoms with Crippen molar-refractivity contribution in [2.24, 2.45) is 0 Å². The number of carbonyl (C=O) groups is 1. The topological polar surface area (TPSA) is 48.4 Å². The van der Waals surface area contributed by atoms with Crippen LogP contribution in [0.15, 0.2) is 42.5 Å². The summed E-state index contributed by atoms with van der Waals surface area (Å²) in [6.45, 7) is 0.162. The molecule has 0 atom stereocenters. The summed E-state index contributed by atoms with van der Waals surface area (Å²) in [4.78, 5) is 16.3. The number of rotatable bonds is 6. The molecule has 0 spiro atoms. The van der Waals surface area contributed by atoms with Crippen LogP contribution in [0.3, 0.4) is 0 Å². The zero-order valence-electron chi connectivity index (χ0n) is 13.1. The number of nitrogens with zero attached hydrogens (tertiary/aromatic N) is 1. The van der Waals surface area contributed by atoms with E-state index in [9.17, 15) is 9.18 Å². The van der Waals surface area contributed by atoms with E-state index in [0.29, 0.717) is 6.42 Å². The molecule has 3 aromatic rings. The highest BCUT2D eigenvalue weighted by Gasteiger charge is 2.09. The van der Waals surface area contributed by atoms with Gasteiger partial charge in [0.15, 0.2) is 11.6 Å². The third kappa shape index (κ3) is 3.89. The molecule has 0 radical (unpaired) electrons. The molecule has 0 N–H and O–H groups in total. The molecule has 0 saturated carbocycles. The van der Waals surface area contributed by atoms with Gasteiger partial charge in [0, 0.05) is 6.42 Å². The Morgan fingerprint density at radius 1 is 1.25 bits per heavy atom. The fourth-order valence-electron chi connectivity index (χ4n) is 2.31. The van der Waals surface area contributed by atoms with Crippen LogP contribution in [0, 0.1) is 5.82 Å². The molecule has 124 valence electrons. The van der Waals surface area contributed by atoms with Crippen molar-refractivity contribution in [3.63, 3.8) is 0 Å². The molecule has 0 unspecified atom stereocenters. The first-order valence-electron chi connectivity index (χ1n) is 7.48. The maximum atomic E-state index is 13.6. The fourth-order valence-corrected chi connectivity index (χ4v) is 3.19. The van der Waals surface area contributed by atoms with Crippen LogP contribution in [-0.4, -0.2) is 18.1 Å². The molecule has 24 heavy (non-hydrogen) atoms. The Hall–Kier alpha value is -2.47. The molecule has 3 rings (SSSR count). The molecule has 0 aliphatic rings. The monoisotopic (exact) mass is 345 g/mol. The van der Waals surface area contributed by atoms with Gasteiger partial charge in [-0.15, -0.1) is 11.3 Å². The number of para-hydroxylation sites is 1. The van der Waals surface area contributed by atoms with Gasteiger partial charge in [-0.25, -0.2) is 9.37 Å². The maximum absolute atomic E-state index is 13.6. The van der Waals surface area contributed by atoms with Crippen LogP contribution in [0.4, 0.5) is 4.39 Å². The van der Waals surface area contributed by atoms with Crippen LogP contribution in [0.2, 0.25) is 0 Å². The summed E-state index contributed by atoms with van der Waals surface area (Å²) in [7, 11) is 1.41. The molecule has 1 aromatic heterocycles. The smallest absolute Gasteiger partial charge is 0.306 e. The predicted octanol–water partition coefficient (Wildman–Crippen LogP) is 4.12. The molecule has 0 amide bonds. The highest BCUT2D eigenvalue weighted by Crippen LogP contribution is 2.22. The molecule has 4 nitrogen and oxygen atoms in total. The second kappa shape index (κ2) is 7.40. The average Bonchev–Trinajstić information content (AvgIpc) is 3.01. The summed E-state index contributed by atoms with van der Waals surface area (Å²) in [6.07, 6.45) is 0.607. The van der Waals surface area contributed by atoms with Crippen LogP contribution in [0.5, 0.6) is 5.75 Å². The van der Waals surface area contributed by atoms with Gasteiger partial charge in [-0.1, -0.05) is 18.2 Å². The van der Waals surface area contributed by atoms with E-state index in [-0.39, 0.29) is 24.7 Å². The first-order valence-corrected chi connectivity index (χ1v) is 8.30. The first kappa shape index (κ1) is 16.4. The molecule has 6 heteroatoms. The van der Waals surface area contributed by atoms with E-state index in [2.05, 4.69) is 4.98 Å². The molecule has 0 saturated heterocycles. The van der Waals surface area contributed by atoms with Gasteiger partial charge in [-0.2, -0.15) is 0 Å². The highest BCUT2D eigenvalue weighted by molar-refractivity contribution is 7.18. The second-order valence-corrected chi connectivity index (χ2v) is 6.32. The molecule has 0 aliphatic heterocycles. The van der Waals surface area contributed by atoms with E-state index >= 15 is 0 Å². The number of esters is 1. The van der Waals surface area contributed by atoms with Gasteiger partial charge in [0.05, 0.1) is 17.3 Å². The number of halogens is 1. The number of hydrogen-bond donors (Lipinski definition) is 0. The number of thiazole rings is 1. The van der Waals surface area contributed by atoms with E-state index in [0.717, 1.165) is 20.8 Å². The van der Waals surface area contributed by atoms with Crippen LogP contribution < -0.4 is 4.74 Å². The first-order chi connectivity index (χ1) is 11.7. The van der Waals surface area contributed by atoms with Gasteiger partial charge in [0.1, 0.15) is 11.6 Å². The second-order valence-electron chi connectivity index (χ2n) is 5.20. The van der Waals surface area contributed by atoms with E-state index in [4.69, 9.17) is 9.47 Å². The Morgan fingerprint density at radius 3 is 2.83 bits per heavy atom. The summed E-state index contributed by atoms with van der Waals surface area (Å²) in [5.74, 6) is -0.569. The van der Waals surface area contributed by atoms with Gasteiger partial charge in [0.2, 0.25) is 0 Å². The lowest BCUT2D eigenvalue weighted by Gasteiger charge is -2.05. The maximum Gasteiger partial charge on any atom is 0.306 e. The summed E-state index contributed by atoms with van der Waals surface area (Å²) >= 11 is 1.51. The predicted molar refractivity (Wildman–Crippen MR) is 90.7 cm³/mol. The number of aromatic nitrogens is 1. The van der Waals surface area contributed by atoms with Crippen molar-refractivity contribution in [1.82, 2.24) is 4.98 Å². The minimum Gasteiger partial charge on any atom is -0.494 e. The van der Waals surface area contributed by atoms with Crippen molar-refractivity contribution in [3.05, 3.63) is 58.9 Å². The highest BCUT2D eigenvalue weighted by atomic mass is 32.1. The standard InChI is InChI=1S/C18H16FNO3S/c1-22-15-8-6-12(10-13(15)19)7-9-18(21)23-11-17-20-14-4-2-3-5-16(14)24-17/h2-6,8,10H,7,9,11H2,1H3. The lowest BCUT2D eigenvalue weighted by Crippen LogP contribution is -2.06. The number of carbonyl (C=O) groups excluding carboxylic acids is 1. The summed E-state index contributed by atoms with van der Waals surface area (Å²) < 4.78 is 24.8. The molecule has 0 bridgehead atoms.